The van der Waals surface area contributed by atoms with Gasteiger partial charge in [0.25, 0.3) is 11.8 Å². The lowest BCUT2D eigenvalue weighted by atomic mass is 10.1. The number of rotatable bonds is 1. The maximum atomic E-state index is 13.5. The van der Waals surface area contributed by atoms with E-state index in [0.29, 0.717) is 91.3 Å². The fourth-order valence-electron chi connectivity index (χ4n) is 4.47. The summed E-state index contributed by atoms with van der Waals surface area (Å²) >= 11 is 6.21. The Labute approximate surface area is 219 Å². The van der Waals surface area contributed by atoms with Gasteiger partial charge in [0.1, 0.15) is 18.1 Å². The first-order valence-corrected chi connectivity index (χ1v) is 12.6. The van der Waals surface area contributed by atoms with E-state index < -0.39 is 0 Å². The fraction of sp³-hybridized carbons (Fsp3) is 0.385. The highest BCUT2D eigenvalue weighted by atomic mass is 35.5. The third kappa shape index (κ3) is 5.64. The molecule has 2 amide bonds. The highest BCUT2D eigenvalue weighted by Gasteiger charge is 2.26. The standard InChI is InChI=1S/C26H28ClN5O5/c1-35-22-7-4-18-14-24(22)37-17-20-16-32(29-28-20)10-3-13-36-23-15-19(27)5-6-21(23)26(34)31-9-2-8-30(11-12-31)25(18)33/h4-7,14-16H,2-3,8-13,17H2,1H3. The minimum absolute atomic E-state index is 0.127. The van der Waals surface area contributed by atoms with Crippen molar-refractivity contribution in [3.05, 3.63) is 64.4 Å². The topological polar surface area (TPSA) is 99.0 Å². The first-order valence-electron chi connectivity index (χ1n) is 12.2. The van der Waals surface area contributed by atoms with Crippen molar-refractivity contribution in [2.75, 3.05) is 39.9 Å². The number of halogens is 1. The van der Waals surface area contributed by atoms with E-state index in [4.69, 9.17) is 25.8 Å². The van der Waals surface area contributed by atoms with Crippen LogP contribution in [0.25, 0.3) is 0 Å². The maximum absolute atomic E-state index is 13.5. The van der Waals surface area contributed by atoms with Crippen molar-refractivity contribution < 1.29 is 23.8 Å². The zero-order valence-corrected chi connectivity index (χ0v) is 21.3. The van der Waals surface area contributed by atoms with Gasteiger partial charge in [0.2, 0.25) is 0 Å². The van der Waals surface area contributed by atoms with E-state index in [2.05, 4.69) is 10.3 Å². The van der Waals surface area contributed by atoms with E-state index in [1.54, 1.807) is 64.2 Å². The summed E-state index contributed by atoms with van der Waals surface area (Å²) in [5.74, 6) is 1.15. The molecule has 0 saturated carbocycles. The normalized spacial score (nSPS) is 16.9. The number of hydrogen-bond donors (Lipinski definition) is 0. The predicted molar refractivity (Wildman–Crippen MR) is 135 cm³/mol. The summed E-state index contributed by atoms with van der Waals surface area (Å²) in [4.78, 5) is 30.4. The molecular formula is C26H28ClN5O5. The smallest absolute Gasteiger partial charge is 0.257 e. The lowest BCUT2D eigenvalue weighted by Gasteiger charge is -2.23. The van der Waals surface area contributed by atoms with Crippen LogP contribution in [0.1, 0.15) is 39.3 Å². The lowest BCUT2D eigenvalue weighted by molar-refractivity contribution is 0.0716. The van der Waals surface area contributed by atoms with Crippen LogP contribution in [-0.2, 0) is 13.2 Å². The van der Waals surface area contributed by atoms with E-state index in [9.17, 15) is 9.59 Å². The number of ether oxygens (including phenoxy) is 3. The summed E-state index contributed by atoms with van der Waals surface area (Å²) in [5.41, 5.74) is 1.59. The van der Waals surface area contributed by atoms with Crippen molar-refractivity contribution in [3.63, 3.8) is 0 Å². The lowest BCUT2D eigenvalue weighted by Crippen LogP contribution is -2.37. The largest absolute Gasteiger partial charge is 0.493 e. The Morgan fingerprint density at radius 1 is 0.892 bits per heavy atom. The Hall–Kier alpha value is -3.79. The summed E-state index contributed by atoms with van der Waals surface area (Å²) in [6, 6.07) is 10.2. The van der Waals surface area contributed by atoms with Gasteiger partial charge in [0.05, 0.1) is 25.5 Å². The molecule has 3 heterocycles. The van der Waals surface area contributed by atoms with Gasteiger partial charge in [-0.15, -0.1) is 5.10 Å². The van der Waals surface area contributed by atoms with E-state index >= 15 is 0 Å². The van der Waals surface area contributed by atoms with Crippen molar-refractivity contribution >= 4 is 23.4 Å². The number of fused-ring (bicyclic) bond motifs is 8. The summed E-state index contributed by atoms with van der Waals surface area (Å²) in [6.07, 6.45) is 3.12. The van der Waals surface area contributed by atoms with Gasteiger partial charge < -0.3 is 24.0 Å². The Balaban J connectivity index is 1.45. The third-order valence-corrected chi connectivity index (χ3v) is 6.64. The van der Waals surface area contributed by atoms with Crippen LogP contribution in [0.5, 0.6) is 17.2 Å². The molecule has 0 radical (unpaired) electrons. The average Bonchev–Trinajstić information content (AvgIpc) is 3.22. The molecule has 2 aromatic carbocycles. The van der Waals surface area contributed by atoms with Gasteiger partial charge in [-0.25, -0.2) is 0 Å². The Morgan fingerprint density at radius 2 is 1.70 bits per heavy atom. The van der Waals surface area contributed by atoms with Crippen LogP contribution in [0.3, 0.4) is 0 Å². The van der Waals surface area contributed by atoms with Crippen molar-refractivity contribution in [3.8, 4) is 17.2 Å². The predicted octanol–water partition coefficient (Wildman–Crippen LogP) is 3.29. The molecule has 0 atom stereocenters. The summed E-state index contributed by atoms with van der Waals surface area (Å²) in [6.45, 7) is 3.04. The first-order chi connectivity index (χ1) is 18.0. The second kappa shape index (κ2) is 11.1. The summed E-state index contributed by atoms with van der Waals surface area (Å²) in [5, 5.41) is 8.82. The molecule has 5 rings (SSSR count). The molecule has 1 fully saturated rings. The second-order valence-corrected chi connectivity index (χ2v) is 9.34. The molecular weight excluding hydrogens is 498 g/mol. The van der Waals surface area contributed by atoms with Gasteiger partial charge in [0, 0.05) is 49.7 Å². The molecule has 3 aromatic rings. The maximum Gasteiger partial charge on any atom is 0.257 e. The van der Waals surface area contributed by atoms with Gasteiger partial charge >= 0.3 is 0 Å². The number of methoxy groups -OCH3 is 1. The quantitative estimate of drug-likeness (QED) is 0.480. The number of nitrogens with zero attached hydrogens (tertiary/aromatic N) is 5. The Morgan fingerprint density at radius 3 is 2.51 bits per heavy atom. The molecule has 10 nitrogen and oxygen atoms in total. The number of hydrogen-bond acceptors (Lipinski definition) is 7. The fourth-order valence-corrected chi connectivity index (χ4v) is 4.63. The zero-order chi connectivity index (χ0) is 25.8. The molecule has 194 valence electrons. The third-order valence-electron chi connectivity index (χ3n) is 6.41. The van der Waals surface area contributed by atoms with E-state index in [1.807, 2.05) is 0 Å². The molecule has 1 aromatic heterocycles. The number of amides is 2. The van der Waals surface area contributed by atoms with Crippen LogP contribution >= 0.6 is 11.6 Å². The van der Waals surface area contributed by atoms with Crippen LogP contribution in [0.15, 0.2) is 42.6 Å². The molecule has 0 N–H and O–H groups in total. The van der Waals surface area contributed by atoms with Crippen molar-refractivity contribution in [2.45, 2.75) is 26.0 Å². The molecule has 2 aliphatic heterocycles. The monoisotopic (exact) mass is 525 g/mol. The van der Waals surface area contributed by atoms with Gasteiger partial charge in [-0.05, 0) is 42.8 Å². The van der Waals surface area contributed by atoms with Gasteiger partial charge in [-0.1, -0.05) is 16.8 Å². The number of carbonyl (C=O) groups is 2. The molecule has 1 saturated heterocycles. The molecule has 0 unspecified atom stereocenters. The Kier molecular flexibility index (Phi) is 7.45. The Bertz CT molecular complexity index is 1300. The van der Waals surface area contributed by atoms with Gasteiger partial charge in [0.15, 0.2) is 11.5 Å². The second-order valence-electron chi connectivity index (χ2n) is 8.91. The van der Waals surface area contributed by atoms with Crippen LogP contribution in [0.4, 0.5) is 0 Å². The summed E-state index contributed by atoms with van der Waals surface area (Å²) < 4.78 is 19.1. The molecule has 0 spiro atoms. The first kappa shape index (κ1) is 24.9. The van der Waals surface area contributed by atoms with E-state index in [0.717, 1.165) is 0 Å². The van der Waals surface area contributed by atoms with Crippen molar-refractivity contribution in [1.82, 2.24) is 24.8 Å². The number of aryl methyl sites for hydroxylation is 1. The van der Waals surface area contributed by atoms with Crippen LogP contribution in [0, 0.1) is 0 Å². The summed E-state index contributed by atoms with van der Waals surface area (Å²) in [7, 11) is 1.55. The van der Waals surface area contributed by atoms with E-state index in [1.165, 1.54) is 0 Å². The van der Waals surface area contributed by atoms with E-state index in [-0.39, 0.29) is 18.4 Å². The van der Waals surface area contributed by atoms with Gasteiger partial charge in [-0.3, -0.25) is 14.3 Å². The SMILES string of the molecule is COc1ccc2cc1OCc1cn(nn1)CCCOc1cc(Cl)ccc1C(=O)N1CCCN(CC1)C2=O. The number of benzene rings is 2. The highest BCUT2D eigenvalue weighted by molar-refractivity contribution is 6.30. The molecule has 11 heteroatoms. The van der Waals surface area contributed by atoms with Crippen LogP contribution in [-0.4, -0.2) is 76.5 Å². The molecule has 0 aliphatic carbocycles. The molecule has 37 heavy (non-hydrogen) atoms. The average molecular weight is 526 g/mol. The number of carbonyl (C=O) groups excluding carboxylic acids is 2. The highest BCUT2D eigenvalue weighted by Crippen LogP contribution is 2.30. The van der Waals surface area contributed by atoms with Gasteiger partial charge in [-0.2, -0.15) is 0 Å². The van der Waals surface area contributed by atoms with Crippen LogP contribution < -0.4 is 14.2 Å². The van der Waals surface area contributed by atoms with Crippen LogP contribution in [0.2, 0.25) is 5.02 Å². The minimum Gasteiger partial charge on any atom is -0.493 e. The number of aromatic nitrogens is 3. The van der Waals surface area contributed by atoms with Crippen molar-refractivity contribution in [1.29, 1.82) is 0 Å². The zero-order valence-electron chi connectivity index (χ0n) is 20.6. The molecule has 2 aliphatic rings. The minimum atomic E-state index is -0.142. The van der Waals surface area contributed by atoms with Crippen molar-refractivity contribution in [2.24, 2.45) is 0 Å². The molecule has 6 bridgehead atoms.